The van der Waals surface area contributed by atoms with Gasteiger partial charge in [0.15, 0.2) is 5.65 Å². The first-order chi connectivity index (χ1) is 13.4. The summed E-state index contributed by atoms with van der Waals surface area (Å²) in [5.41, 5.74) is 2.03. The summed E-state index contributed by atoms with van der Waals surface area (Å²) in [5, 5.41) is 3.44. The van der Waals surface area contributed by atoms with Gasteiger partial charge in [-0.3, -0.25) is 9.38 Å². The molecule has 146 valence electrons. The number of ether oxygens (including phenoxy) is 1. The van der Waals surface area contributed by atoms with Crippen LogP contribution in [0.25, 0.3) is 17.0 Å². The molecule has 8 heteroatoms. The van der Waals surface area contributed by atoms with Gasteiger partial charge in [-0.15, -0.1) is 0 Å². The zero-order chi connectivity index (χ0) is 19.7. The first-order valence-electron chi connectivity index (χ1n) is 9.38. The molecular weight excluding hydrogens is 356 g/mol. The Morgan fingerprint density at radius 1 is 1.29 bits per heavy atom. The largest absolute Gasteiger partial charge is 0.444 e. The average molecular weight is 380 g/mol. The fraction of sp³-hybridized carbons (Fsp3) is 0.400. The van der Waals surface area contributed by atoms with E-state index in [1.165, 1.54) is 0 Å². The number of carbonyl (C=O) groups is 1. The summed E-state index contributed by atoms with van der Waals surface area (Å²) in [7, 11) is 0. The molecule has 1 aliphatic heterocycles. The van der Waals surface area contributed by atoms with E-state index in [1.54, 1.807) is 23.5 Å². The Bertz CT molecular complexity index is 994. The van der Waals surface area contributed by atoms with Crippen molar-refractivity contribution in [3.63, 3.8) is 0 Å². The molecule has 28 heavy (non-hydrogen) atoms. The summed E-state index contributed by atoms with van der Waals surface area (Å²) in [5.74, 6) is 0.776. The van der Waals surface area contributed by atoms with E-state index in [-0.39, 0.29) is 12.1 Å². The summed E-state index contributed by atoms with van der Waals surface area (Å²) in [6, 6.07) is 5.99. The monoisotopic (exact) mass is 380 g/mol. The Morgan fingerprint density at radius 3 is 2.96 bits per heavy atom. The Kier molecular flexibility index (Phi) is 4.62. The molecule has 0 saturated carbocycles. The number of fused-ring (bicyclic) bond motifs is 1. The van der Waals surface area contributed by atoms with Crippen molar-refractivity contribution in [1.82, 2.24) is 24.3 Å². The van der Waals surface area contributed by atoms with Crippen molar-refractivity contribution in [3.05, 3.63) is 43.0 Å². The van der Waals surface area contributed by atoms with E-state index < -0.39 is 5.60 Å². The van der Waals surface area contributed by atoms with Crippen LogP contribution in [0.5, 0.6) is 0 Å². The zero-order valence-electron chi connectivity index (χ0n) is 16.3. The van der Waals surface area contributed by atoms with Gasteiger partial charge in [-0.05, 0) is 39.3 Å². The van der Waals surface area contributed by atoms with Crippen LogP contribution in [-0.2, 0) is 4.74 Å². The van der Waals surface area contributed by atoms with E-state index in [9.17, 15) is 4.79 Å². The maximum absolute atomic E-state index is 12.2. The van der Waals surface area contributed by atoms with Gasteiger partial charge in [0.1, 0.15) is 11.4 Å². The highest BCUT2D eigenvalue weighted by Gasteiger charge is 2.29. The van der Waals surface area contributed by atoms with Crippen LogP contribution in [0.2, 0.25) is 0 Å². The topological polar surface area (TPSA) is 84.6 Å². The predicted octanol–water partition coefficient (Wildman–Crippen LogP) is 3.21. The molecule has 0 aliphatic carbocycles. The fourth-order valence-electron chi connectivity index (χ4n) is 3.27. The van der Waals surface area contributed by atoms with E-state index in [0.29, 0.717) is 13.1 Å². The molecule has 1 unspecified atom stereocenters. The molecule has 1 N–H and O–H groups in total. The molecule has 0 bridgehead atoms. The van der Waals surface area contributed by atoms with E-state index >= 15 is 0 Å². The standard InChI is InChI=1S/C20H24N6O2/c1-20(2,3)28-19(27)25-9-7-14(13-25)23-17-6-4-5-15(24-17)16-11-22-18-12-21-8-10-26(16)18/h4-6,8,10-12,14H,7,9,13H2,1-3H3,(H,23,24). The SMILES string of the molecule is CC(C)(C)OC(=O)N1CCC(Nc2cccc(-c3cnc4cnccn34)n2)C1. The lowest BCUT2D eigenvalue weighted by Crippen LogP contribution is -2.36. The highest BCUT2D eigenvalue weighted by molar-refractivity contribution is 5.68. The molecule has 1 saturated heterocycles. The molecule has 0 aromatic carbocycles. The summed E-state index contributed by atoms with van der Waals surface area (Å²) >= 11 is 0. The fourth-order valence-corrected chi connectivity index (χ4v) is 3.27. The molecule has 3 aromatic rings. The van der Waals surface area contributed by atoms with Gasteiger partial charge in [0.2, 0.25) is 0 Å². The van der Waals surface area contributed by atoms with Crippen molar-refractivity contribution in [2.75, 3.05) is 18.4 Å². The predicted molar refractivity (Wildman–Crippen MR) is 106 cm³/mol. The van der Waals surface area contributed by atoms with Gasteiger partial charge >= 0.3 is 6.09 Å². The Balaban J connectivity index is 1.45. The van der Waals surface area contributed by atoms with Crippen molar-refractivity contribution in [2.45, 2.75) is 38.8 Å². The highest BCUT2D eigenvalue weighted by atomic mass is 16.6. The third kappa shape index (κ3) is 3.90. The third-order valence-electron chi connectivity index (χ3n) is 4.52. The van der Waals surface area contributed by atoms with Crippen LogP contribution in [0, 0.1) is 0 Å². The van der Waals surface area contributed by atoms with Crippen LogP contribution in [0.3, 0.4) is 0 Å². The maximum atomic E-state index is 12.2. The molecule has 0 radical (unpaired) electrons. The van der Waals surface area contributed by atoms with Gasteiger partial charge in [-0.1, -0.05) is 6.07 Å². The number of anilines is 1. The first-order valence-corrected chi connectivity index (χ1v) is 9.38. The molecular formula is C20H24N6O2. The van der Waals surface area contributed by atoms with Gasteiger partial charge in [0.05, 0.1) is 23.8 Å². The Labute approximate surface area is 163 Å². The zero-order valence-corrected chi connectivity index (χ0v) is 16.3. The van der Waals surface area contributed by atoms with Crippen LogP contribution < -0.4 is 5.32 Å². The number of hydrogen-bond donors (Lipinski definition) is 1. The maximum Gasteiger partial charge on any atom is 0.410 e. The Morgan fingerprint density at radius 2 is 2.14 bits per heavy atom. The number of nitrogens with zero attached hydrogens (tertiary/aromatic N) is 5. The molecule has 4 rings (SSSR count). The van der Waals surface area contributed by atoms with Crippen LogP contribution >= 0.6 is 0 Å². The number of pyridine rings is 1. The normalized spacial score (nSPS) is 17.1. The quantitative estimate of drug-likeness (QED) is 0.751. The second kappa shape index (κ2) is 7.10. The molecule has 1 amide bonds. The number of hydrogen-bond acceptors (Lipinski definition) is 6. The van der Waals surface area contributed by atoms with Crippen molar-refractivity contribution in [3.8, 4) is 11.4 Å². The number of likely N-dealkylation sites (tertiary alicyclic amines) is 1. The van der Waals surface area contributed by atoms with E-state index in [4.69, 9.17) is 9.72 Å². The lowest BCUT2D eigenvalue weighted by molar-refractivity contribution is 0.0293. The average Bonchev–Trinajstić information content (AvgIpc) is 3.27. The number of aromatic nitrogens is 4. The van der Waals surface area contributed by atoms with Crippen LogP contribution in [-0.4, -0.2) is 55.1 Å². The van der Waals surface area contributed by atoms with Gasteiger partial charge in [-0.25, -0.2) is 14.8 Å². The van der Waals surface area contributed by atoms with Gasteiger partial charge in [-0.2, -0.15) is 0 Å². The van der Waals surface area contributed by atoms with Gasteiger partial charge < -0.3 is 15.0 Å². The number of nitrogens with one attached hydrogen (secondary N) is 1. The summed E-state index contributed by atoms with van der Waals surface area (Å²) in [4.78, 5) is 27.2. The van der Waals surface area contributed by atoms with Crippen LogP contribution in [0.15, 0.2) is 43.0 Å². The molecule has 4 heterocycles. The highest BCUT2D eigenvalue weighted by Crippen LogP contribution is 2.22. The van der Waals surface area contributed by atoms with Crippen molar-refractivity contribution >= 4 is 17.6 Å². The number of carbonyl (C=O) groups excluding carboxylic acids is 1. The smallest absolute Gasteiger partial charge is 0.410 e. The minimum absolute atomic E-state index is 0.140. The molecule has 1 fully saturated rings. The van der Waals surface area contributed by atoms with Crippen LogP contribution in [0.1, 0.15) is 27.2 Å². The third-order valence-corrected chi connectivity index (χ3v) is 4.52. The summed E-state index contributed by atoms with van der Waals surface area (Å²) in [6.07, 6.45) is 7.70. The van der Waals surface area contributed by atoms with Crippen molar-refractivity contribution in [2.24, 2.45) is 0 Å². The molecule has 1 atom stereocenters. The Hall–Kier alpha value is -3.16. The van der Waals surface area contributed by atoms with Crippen LogP contribution in [0.4, 0.5) is 10.6 Å². The minimum Gasteiger partial charge on any atom is -0.444 e. The lowest BCUT2D eigenvalue weighted by atomic mass is 10.2. The second-order valence-corrected chi connectivity index (χ2v) is 7.91. The van der Waals surface area contributed by atoms with E-state index in [1.807, 2.05) is 49.6 Å². The molecule has 8 nitrogen and oxygen atoms in total. The lowest BCUT2D eigenvalue weighted by Gasteiger charge is -2.24. The number of rotatable bonds is 3. The van der Waals surface area contributed by atoms with E-state index in [2.05, 4.69) is 15.3 Å². The second-order valence-electron chi connectivity index (χ2n) is 7.91. The molecule has 0 spiro atoms. The minimum atomic E-state index is -0.484. The van der Waals surface area contributed by atoms with Gasteiger partial charge in [0.25, 0.3) is 0 Å². The summed E-state index contributed by atoms with van der Waals surface area (Å²) < 4.78 is 7.42. The van der Waals surface area contributed by atoms with E-state index in [0.717, 1.165) is 29.3 Å². The summed E-state index contributed by atoms with van der Waals surface area (Å²) in [6.45, 7) is 6.90. The number of imidazole rings is 1. The molecule has 3 aromatic heterocycles. The van der Waals surface area contributed by atoms with Gasteiger partial charge in [0, 0.05) is 31.5 Å². The van der Waals surface area contributed by atoms with Crippen molar-refractivity contribution in [1.29, 1.82) is 0 Å². The molecule has 1 aliphatic rings. The number of amides is 1. The first kappa shape index (κ1) is 18.2. The van der Waals surface area contributed by atoms with Crippen molar-refractivity contribution < 1.29 is 9.53 Å².